The van der Waals surface area contributed by atoms with E-state index in [1.165, 1.54) is 6.20 Å². The van der Waals surface area contributed by atoms with Crippen molar-refractivity contribution in [2.45, 2.75) is 12.5 Å². The summed E-state index contributed by atoms with van der Waals surface area (Å²) in [7, 11) is 0. The molecule has 66 valence electrons. The van der Waals surface area contributed by atoms with Crippen LogP contribution in [0.5, 0.6) is 0 Å². The predicted octanol–water partition coefficient (Wildman–Crippen LogP) is 0.901. The molecular weight excluding hydrogens is 176 g/mol. The number of pyridine rings is 1. The molecule has 0 bridgehead atoms. The minimum atomic E-state index is -1.02. The van der Waals surface area contributed by atoms with Crippen LogP contribution in [0.4, 0.5) is 0 Å². The molecule has 1 heterocycles. The van der Waals surface area contributed by atoms with E-state index < -0.39 is 5.60 Å². The number of halogens is 1. The van der Waals surface area contributed by atoms with Crippen molar-refractivity contribution in [1.29, 1.82) is 0 Å². The van der Waals surface area contributed by atoms with Crippen molar-refractivity contribution in [3.05, 3.63) is 29.0 Å². The van der Waals surface area contributed by atoms with Gasteiger partial charge in [0.15, 0.2) is 0 Å². The van der Waals surface area contributed by atoms with Gasteiger partial charge in [0.1, 0.15) is 10.8 Å². The van der Waals surface area contributed by atoms with E-state index in [-0.39, 0.29) is 6.54 Å². The van der Waals surface area contributed by atoms with E-state index in [0.717, 1.165) is 0 Å². The molecule has 1 unspecified atom stereocenters. The maximum absolute atomic E-state index is 9.68. The van der Waals surface area contributed by atoms with E-state index in [4.69, 9.17) is 17.3 Å². The molecule has 0 spiro atoms. The minimum Gasteiger partial charge on any atom is -0.384 e. The predicted molar refractivity (Wildman–Crippen MR) is 47.9 cm³/mol. The quantitative estimate of drug-likeness (QED) is 0.675. The summed E-state index contributed by atoms with van der Waals surface area (Å²) in [4.78, 5) is 3.84. The molecule has 0 aliphatic heterocycles. The van der Waals surface area contributed by atoms with E-state index >= 15 is 0 Å². The summed E-state index contributed by atoms with van der Waals surface area (Å²) in [6.45, 7) is 1.80. The average Bonchev–Trinajstić information content (AvgIpc) is 2.05. The Bertz CT molecular complexity index is 258. The van der Waals surface area contributed by atoms with Crippen LogP contribution < -0.4 is 5.73 Å². The molecular formula is C8H11ClN2O. The molecule has 1 rings (SSSR count). The lowest BCUT2D eigenvalue weighted by Crippen LogP contribution is -2.31. The Hall–Kier alpha value is -0.640. The molecule has 0 amide bonds. The van der Waals surface area contributed by atoms with Gasteiger partial charge in [-0.2, -0.15) is 0 Å². The van der Waals surface area contributed by atoms with Gasteiger partial charge in [0.2, 0.25) is 0 Å². The van der Waals surface area contributed by atoms with Gasteiger partial charge in [-0.1, -0.05) is 17.7 Å². The van der Waals surface area contributed by atoms with Gasteiger partial charge in [0.05, 0.1) is 0 Å². The zero-order valence-electron chi connectivity index (χ0n) is 6.79. The summed E-state index contributed by atoms with van der Waals surface area (Å²) in [5.41, 5.74) is 5.02. The third kappa shape index (κ3) is 1.94. The van der Waals surface area contributed by atoms with Crippen LogP contribution in [0.3, 0.4) is 0 Å². The van der Waals surface area contributed by atoms with Crippen LogP contribution in [0.2, 0.25) is 5.15 Å². The lowest BCUT2D eigenvalue weighted by molar-refractivity contribution is 0.0665. The fourth-order valence-electron chi connectivity index (χ4n) is 0.812. The van der Waals surface area contributed by atoms with Gasteiger partial charge in [-0.25, -0.2) is 4.98 Å². The number of hydrogen-bond acceptors (Lipinski definition) is 3. The summed E-state index contributed by atoms with van der Waals surface area (Å²) in [5, 5.41) is 10.1. The Balaban J connectivity index is 2.96. The number of nitrogens with two attached hydrogens (primary N) is 1. The van der Waals surface area contributed by atoms with Crippen molar-refractivity contribution >= 4 is 11.6 Å². The van der Waals surface area contributed by atoms with E-state index in [9.17, 15) is 5.11 Å². The Morgan fingerprint density at radius 2 is 2.33 bits per heavy atom. The van der Waals surface area contributed by atoms with E-state index in [0.29, 0.717) is 10.7 Å². The molecule has 12 heavy (non-hydrogen) atoms. The maximum Gasteiger partial charge on any atom is 0.129 e. The molecule has 3 N–H and O–H groups in total. The minimum absolute atomic E-state index is 0.163. The molecule has 1 aromatic rings. The Kier molecular flexibility index (Phi) is 2.67. The molecule has 4 heteroatoms. The highest BCUT2D eigenvalue weighted by molar-refractivity contribution is 6.29. The molecule has 0 fully saturated rings. The first-order valence-electron chi connectivity index (χ1n) is 3.61. The Morgan fingerprint density at radius 3 is 2.75 bits per heavy atom. The zero-order chi connectivity index (χ0) is 9.19. The van der Waals surface area contributed by atoms with E-state index in [1.807, 2.05) is 0 Å². The summed E-state index contributed by atoms with van der Waals surface area (Å²) in [6.07, 6.45) is 1.52. The van der Waals surface area contributed by atoms with Gasteiger partial charge < -0.3 is 10.8 Å². The fraction of sp³-hybridized carbons (Fsp3) is 0.375. The highest BCUT2D eigenvalue weighted by atomic mass is 35.5. The third-order valence-electron chi connectivity index (χ3n) is 1.75. The molecule has 0 saturated carbocycles. The highest BCUT2D eigenvalue weighted by Gasteiger charge is 2.20. The Morgan fingerprint density at radius 1 is 1.67 bits per heavy atom. The van der Waals surface area contributed by atoms with Gasteiger partial charge in [-0.15, -0.1) is 0 Å². The van der Waals surface area contributed by atoms with Crippen LogP contribution in [0.1, 0.15) is 12.5 Å². The van der Waals surface area contributed by atoms with E-state index in [1.54, 1.807) is 19.1 Å². The van der Waals surface area contributed by atoms with Crippen LogP contribution in [0.15, 0.2) is 18.3 Å². The van der Waals surface area contributed by atoms with Gasteiger partial charge in [-0.05, 0) is 13.0 Å². The molecule has 0 aromatic carbocycles. The molecule has 1 atom stereocenters. The summed E-state index contributed by atoms with van der Waals surface area (Å²) < 4.78 is 0. The smallest absolute Gasteiger partial charge is 0.129 e. The van der Waals surface area contributed by atoms with Crippen molar-refractivity contribution in [3.63, 3.8) is 0 Å². The second-order valence-corrected chi connectivity index (χ2v) is 3.23. The molecule has 0 saturated heterocycles. The molecule has 1 aromatic heterocycles. The second-order valence-electron chi connectivity index (χ2n) is 2.85. The maximum atomic E-state index is 9.68. The number of aromatic nitrogens is 1. The number of hydrogen-bond donors (Lipinski definition) is 2. The van der Waals surface area contributed by atoms with Crippen LogP contribution in [-0.2, 0) is 5.60 Å². The van der Waals surface area contributed by atoms with Crippen molar-refractivity contribution in [2.24, 2.45) is 5.73 Å². The van der Waals surface area contributed by atoms with E-state index in [2.05, 4.69) is 4.98 Å². The van der Waals surface area contributed by atoms with Crippen molar-refractivity contribution in [1.82, 2.24) is 4.98 Å². The first-order valence-corrected chi connectivity index (χ1v) is 3.98. The third-order valence-corrected chi connectivity index (χ3v) is 1.97. The van der Waals surface area contributed by atoms with Gasteiger partial charge in [-0.3, -0.25) is 0 Å². The lowest BCUT2D eigenvalue weighted by Gasteiger charge is -2.20. The summed E-state index contributed by atoms with van der Waals surface area (Å²) in [6, 6.07) is 3.34. The van der Waals surface area contributed by atoms with Crippen LogP contribution in [0, 0.1) is 0 Å². The van der Waals surface area contributed by atoms with Gasteiger partial charge >= 0.3 is 0 Å². The normalized spacial score (nSPS) is 15.7. The van der Waals surface area contributed by atoms with Crippen LogP contribution in [0.25, 0.3) is 0 Å². The molecule has 0 aliphatic rings. The molecule has 3 nitrogen and oxygen atoms in total. The number of rotatable bonds is 2. The largest absolute Gasteiger partial charge is 0.384 e. The monoisotopic (exact) mass is 186 g/mol. The van der Waals surface area contributed by atoms with Crippen molar-refractivity contribution in [3.8, 4) is 0 Å². The SMILES string of the molecule is CC(O)(CN)c1ccc(Cl)nc1. The fourth-order valence-corrected chi connectivity index (χ4v) is 0.924. The van der Waals surface area contributed by atoms with Gasteiger partial charge in [0.25, 0.3) is 0 Å². The summed E-state index contributed by atoms with van der Waals surface area (Å²) >= 11 is 5.58. The first kappa shape index (κ1) is 9.45. The van der Waals surface area contributed by atoms with Crippen molar-refractivity contribution in [2.75, 3.05) is 6.54 Å². The second kappa shape index (κ2) is 3.39. The first-order chi connectivity index (χ1) is 5.56. The number of nitrogens with zero attached hydrogens (tertiary/aromatic N) is 1. The highest BCUT2D eigenvalue weighted by Crippen LogP contribution is 2.18. The zero-order valence-corrected chi connectivity index (χ0v) is 7.54. The Labute approximate surface area is 76.2 Å². The lowest BCUT2D eigenvalue weighted by atomic mass is 9.98. The standard InChI is InChI=1S/C8H11ClN2O/c1-8(12,5-10)6-2-3-7(9)11-4-6/h2-4,12H,5,10H2,1H3. The van der Waals surface area contributed by atoms with Crippen LogP contribution in [-0.4, -0.2) is 16.6 Å². The van der Waals surface area contributed by atoms with Gasteiger partial charge in [0, 0.05) is 18.3 Å². The average molecular weight is 187 g/mol. The molecule has 0 radical (unpaired) electrons. The number of aliphatic hydroxyl groups is 1. The topological polar surface area (TPSA) is 59.1 Å². The summed E-state index contributed by atoms with van der Waals surface area (Å²) in [5.74, 6) is 0. The van der Waals surface area contributed by atoms with Crippen molar-refractivity contribution < 1.29 is 5.11 Å². The molecule has 0 aliphatic carbocycles. The van der Waals surface area contributed by atoms with Crippen LogP contribution >= 0.6 is 11.6 Å².